The van der Waals surface area contributed by atoms with E-state index in [-0.39, 0.29) is 21.6 Å². The molecule has 0 unspecified atom stereocenters. The van der Waals surface area contributed by atoms with Gasteiger partial charge in [0, 0.05) is 23.9 Å². The molecule has 112 valence electrons. The number of nitrogens with one attached hydrogen (secondary N) is 3. The molecule has 1 aromatic carbocycles. The molecule has 1 amide bonds. The van der Waals surface area contributed by atoms with E-state index in [4.69, 9.17) is 12.2 Å². The highest BCUT2D eigenvalue weighted by molar-refractivity contribution is 7.71. The smallest absolute Gasteiger partial charge is 0.271 e. The SMILES string of the molecule is O=C(NN=Cc1c[nH]c(=S)[nH]c1=O)c1cccc([N+](=O)[O-])c1. The number of hydrogen-bond donors (Lipinski definition) is 3. The zero-order valence-corrected chi connectivity index (χ0v) is 11.7. The Morgan fingerprint density at radius 1 is 1.45 bits per heavy atom. The average molecular weight is 319 g/mol. The fourth-order valence-corrected chi connectivity index (χ4v) is 1.65. The number of nitro benzene ring substituents is 1. The maximum atomic E-state index is 11.8. The van der Waals surface area contributed by atoms with E-state index in [0.717, 1.165) is 12.3 Å². The van der Waals surface area contributed by atoms with Crippen LogP contribution in [0.4, 0.5) is 5.69 Å². The number of H-pyrrole nitrogens is 2. The summed E-state index contributed by atoms with van der Waals surface area (Å²) >= 11 is 4.73. The minimum Gasteiger partial charge on any atom is -0.338 e. The third kappa shape index (κ3) is 3.70. The number of carbonyl (C=O) groups is 1. The number of hydrogen-bond acceptors (Lipinski definition) is 6. The summed E-state index contributed by atoms with van der Waals surface area (Å²) in [7, 11) is 0. The standard InChI is InChI=1S/C12H9N5O4S/c18-10-8(5-13-12(22)15-10)6-14-16-11(19)7-2-1-3-9(4-7)17(20)21/h1-6H,(H,16,19)(H2,13,15,18,22). The van der Waals surface area contributed by atoms with E-state index in [2.05, 4.69) is 20.5 Å². The summed E-state index contributed by atoms with van der Waals surface area (Å²) in [6, 6.07) is 5.19. The first-order valence-electron chi connectivity index (χ1n) is 5.87. The number of hydrazone groups is 1. The Morgan fingerprint density at radius 3 is 2.91 bits per heavy atom. The first-order valence-corrected chi connectivity index (χ1v) is 6.28. The first-order chi connectivity index (χ1) is 10.5. The molecule has 0 saturated heterocycles. The van der Waals surface area contributed by atoms with Gasteiger partial charge in [0.2, 0.25) is 0 Å². The van der Waals surface area contributed by atoms with Crippen LogP contribution in [0.1, 0.15) is 15.9 Å². The lowest BCUT2D eigenvalue weighted by molar-refractivity contribution is -0.384. The molecule has 0 bridgehead atoms. The van der Waals surface area contributed by atoms with Crippen LogP contribution in [-0.4, -0.2) is 27.0 Å². The van der Waals surface area contributed by atoms with Gasteiger partial charge in [-0.2, -0.15) is 5.10 Å². The van der Waals surface area contributed by atoms with Crippen molar-refractivity contribution in [3.05, 3.63) is 66.8 Å². The quantitative estimate of drug-likeness (QED) is 0.336. The summed E-state index contributed by atoms with van der Waals surface area (Å²) in [5.74, 6) is -0.639. The molecule has 0 fully saturated rings. The van der Waals surface area contributed by atoms with Crippen molar-refractivity contribution in [1.82, 2.24) is 15.4 Å². The van der Waals surface area contributed by atoms with Gasteiger partial charge < -0.3 is 4.98 Å². The Morgan fingerprint density at radius 2 is 2.23 bits per heavy atom. The van der Waals surface area contributed by atoms with Crippen LogP contribution in [0.25, 0.3) is 0 Å². The van der Waals surface area contributed by atoms with E-state index >= 15 is 0 Å². The molecule has 1 aromatic heterocycles. The zero-order valence-electron chi connectivity index (χ0n) is 10.9. The van der Waals surface area contributed by atoms with Gasteiger partial charge >= 0.3 is 0 Å². The third-order valence-corrected chi connectivity index (χ3v) is 2.76. The highest BCUT2D eigenvalue weighted by atomic mass is 32.1. The predicted octanol–water partition coefficient (Wildman–Crippen LogP) is 1.10. The minimum atomic E-state index is -0.639. The molecule has 0 saturated carbocycles. The number of nitro groups is 1. The second kappa shape index (κ2) is 6.54. The Hall–Kier alpha value is -3.14. The van der Waals surface area contributed by atoms with Crippen molar-refractivity contribution in [3.63, 3.8) is 0 Å². The van der Waals surface area contributed by atoms with Gasteiger partial charge in [-0.3, -0.25) is 24.7 Å². The maximum absolute atomic E-state index is 11.8. The van der Waals surface area contributed by atoms with Crippen LogP contribution < -0.4 is 11.0 Å². The van der Waals surface area contributed by atoms with E-state index < -0.39 is 16.4 Å². The van der Waals surface area contributed by atoms with Gasteiger partial charge in [0.05, 0.1) is 16.7 Å². The molecule has 0 atom stereocenters. The second-order valence-corrected chi connectivity index (χ2v) is 4.44. The molecule has 10 heteroatoms. The largest absolute Gasteiger partial charge is 0.338 e. The Balaban J connectivity index is 2.11. The fourth-order valence-electron chi connectivity index (χ4n) is 1.50. The van der Waals surface area contributed by atoms with Crippen molar-refractivity contribution in [1.29, 1.82) is 0 Å². The molecular formula is C12H9N5O4S. The van der Waals surface area contributed by atoms with E-state index in [0.29, 0.717) is 0 Å². The van der Waals surface area contributed by atoms with Gasteiger partial charge in [0.25, 0.3) is 17.2 Å². The maximum Gasteiger partial charge on any atom is 0.271 e. The van der Waals surface area contributed by atoms with Crippen LogP contribution in [0.3, 0.4) is 0 Å². The van der Waals surface area contributed by atoms with Gasteiger partial charge in [-0.15, -0.1) is 0 Å². The number of nitrogens with zero attached hydrogens (tertiary/aromatic N) is 2. The molecule has 0 aliphatic rings. The molecule has 0 radical (unpaired) electrons. The van der Waals surface area contributed by atoms with Crippen molar-refractivity contribution in [2.75, 3.05) is 0 Å². The van der Waals surface area contributed by atoms with Crippen LogP contribution in [0, 0.1) is 14.9 Å². The van der Waals surface area contributed by atoms with Gasteiger partial charge in [0.15, 0.2) is 4.77 Å². The molecule has 1 heterocycles. The van der Waals surface area contributed by atoms with Crippen LogP contribution in [0.5, 0.6) is 0 Å². The highest BCUT2D eigenvalue weighted by Gasteiger charge is 2.10. The van der Waals surface area contributed by atoms with Crippen molar-refractivity contribution in [3.8, 4) is 0 Å². The predicted molar refractivity (Wildman–Crippen MR) is 80.4 cm³/mol. The van der Waals surface area contributed by atoms with Crippen LogP contribution in [-0.2, 0) is 0 Å². The molecule has 3 N–H and O–H groups in total. The zero-order chi connectivity index (χ0) is 16.1. The number of amides is 1. The fraction of sp³-hybridized carbons (Fsp3) is 0. The third-order valence-electron chi connectivity index (χ3n) is 2.54. The molecular weight excluding hydrogens is 310 g/mol. The van der Waals surface area contributed by atoms with E-state index in [9.17, 15) is 19.7 Å². The normalized spacial score (nSPS) is 10.5. The van der Waals surface area contributed by atoms with E-state index in [1.807, 2.05) is 0 Å². The summed E-state index contributed by atoms with van der Waals surface area (Å²) in [6.45, 7) is 0. The minimum absolute atomic E-state index is 0.0766. The van der Waals surface area contributed by atoms with Crippen molar-refractivity contribution >= 4 is 30.0 Å². The molecule has 9 nitrogen and oxygen atoms in total. The lowest BCUT2D eigenvalue weighted by atomic mass is 10.2. The number of non-ortho nitro benzene ring substituents is 1. The van der Waals surface area contributed by atoms with Gasteiger partial charge in [-0.05, 0) is 18.3 Å². The number of aromatic amines is 2. The molecule has 2 aromatic rings. The summed E-state index contributed by atoms with van der Waals surface area (Å²) in [4.78, 5) is 38.3. The number of carbonyl (C=O) groups excluding carboxylic acids is 1. The van der Waals surface area contributed by atoms with Crippen molar-refractivity contribution in [2.24, 2.45) is 5.10 Å². The summed E-state index contributed by atoms with van der Waals surface area (Å²) < 4.78 is 0.169. The van der Waals surface area contributed by atoms with Crippen LogP contribution >= 0.6 is 12.2 Å². The average Bonchev–Trinajstić information content (AvgIpc) is 2.49. The van der Waals surface area contributed by atoms with Crippen LogP contribution in [0.2, 0.25) is 0 Å². The monoisotopic (exact) mass is 319 g/mol. The first kappa shape index (κ1) is 15.3. The number of aromatic nitrogens is 2. The number of rotatable bonds is 4. The second-order valence-electron chi connectivity index (χ2n) is 4.03. The summed E-state index contributed by atoms with van der Waals surface area (Å²) in [6.07, 6.45) is 2.46. The van der Waals surface area contributed by atoms with E-state index in [1.165, 1.54) is 24.4 Å². The van der Waals surface area contributed by atoms with Crippen LogP contribution in [0.15, 0.2) is 40.4 Å². The Labute approximate surface area is 127 Å². The summed E-state index contributed by atoms with van der Waals surface area (Å²) in [5, 5.41) is 14.2. The Bertz CT molecular complexity index is 870. The van der Waals surface area contributed by atoms with E-state index in [1.54, 1.807) is 0 Å². The van der Waals surface area contributed by atoms with Gasteiger partial charge in [-0.1, -0.05) is 6.07 Å². The lowest BCUT2D eigenvalue weighted by Crippen LogP contribution is -2.19. The molecule has 22 heavy (non-hydrogen) atoms. The molecule has 0 aliphatic carbocycles. The highest BCUT2D eigenvalue weighted by Crippen LogP contribution is 2.12. The summed E-state index contributed by atoms with van der Waals surface area (Å²) in [5.41, 5.74) is 1.74. The topological polar surface area (TPSA) is 133 Å². The lowest BCUT2D eigenvalue weighted by Gasteiger charge is -1.99. The van der Waals surface area contributed by atoms with Gasteiger partial charge in [0.1, 0.15) is 0 Å². The Kier molecular flexibility index (Phi) is 4.53. The van der Waals surface area contributed by atoms with Gasteiger partial charge in [-0.25, -0.2) is 5.43 Å². The number of benzene rings is 1. The van der Waals surface area contributed by atoms with Crippen molar-refractivity contribution < 1.29 is 9.72 Å². The molecule has 0 spiro atoms. The van der Waals surface area contributed by atoms with Crippen molar-refractivity contribution in [2.45, 2.75) is 0 Å². The molecule has 2 rings (SSSR count). The molecule has 0 aliphatic heterocycles.